The van der Waals surface area contributed by atoms with Crippen LogP contribution in [0.1, 0.15) is 67.4 Å². The maximum Gasteiger partial charge on any atom is 0.159 e. The minimum absolute atomic E-state index is 0.363. The Kier molecular flexibility index (Phi) is 11.2. The van der Waals surface area contributed by atoms with Crippen LogP contribution in [-0.2, 0) is 0 Å². The van der Waals surface area contributed by atoms with E-state index in [-0.39, 0.29) is 20.7 Å². The number of furan rings is 2. The first kappa shape index (κ1) is 44.7. The van der Waals surface area contributed by atoms with E-state index >= 15 is 0 Å². The molecule has 2 aliphatic rings. The van der Waals surface area contributed by atoms with Gasteiger partial charge < -0.3 is 18.6 Å². The van der Waals surface area contributed by atoms with Gasteiger partial charge in [-0.25, -0.2) is 0 Å². The summed E-state index contributed by atoms with van der Waals surface area (Å²) in [6.45, 7) is 4.42. The number of hydrogen-bond donors (Lipinski definition) is 0. The summed E-state index contributed by atoms with van der Waals surface area (Å²) in [7, 11) is 0. The molecule has 14 rings (SSSR count). The number of hydrogen-bond acceptors (Lipinski definition) is 4. The van der Waals surface area contributed by atoms with Crippen molar-refractivity contribution in [1.82, 2.24) is 0 Å². The van der Waals surface area contributed by atoms with E-state index in [2.05, 4.69) is 238 Å². The summed E-state index contributed by atoms with van der Waals surface area (Å²) >= 11 is -0.363. The molecule has 0 unspecified atom stereocenters. The first-order valence-corrected chi connectivity index (χ1v) is 28.6. The van der Waals surface area contributed by atoms with Crippen LogP contribution in [0, 0.1) is 6.92 Å². The van der Waals surface area contributed by atoms with Gasteiger partial charge in [0.15, 0.2) is 11.3 Å². The van der Waals surface area contributed by atoms with Crippen molar-refractivity contribution >= 4 is 124 Å². The van der Waals surface area contributed by atoms with Crippen LogP contribution in [0.25, 0.3) is 87.6 Å². The summed E-state index contributed by atoms with van der Waals surface area (Å²) in [5, 5.41) is 10.6. The van der Waals surface area contributed by atoms with Crippen molar-refractivity contribution in [2.45, 2.75) is 51.9 Å². The molecule has 0 atom stereocenters. The number of anilines is 4. The molecule has 0 radical (unpaired) electrons. The molecular weight excluding hydrogens is 1020 g/mol. The SMILES string of the molecule is C/C=C(\c1oc2c(C3CCCCC3)cccc2c1C)N(c1ccccc1-c1ccccc1)c1ccc2ccc3c(N(C4=CI=CC=C4c4ccccc4)c4cccc5c4oc4ccccc45)ccc4ccc1c2c43. The zero-order valence-electron chi connectivity index (χ0n) is 41.5. The molecule has 1 aliphatic carbocycles. The van der Waals surface area contributed by atoms with E-state index in [9.17, 15) is 0 Å². The van der Waals surface area contributed by atoms with Gasteiger partial charge in [0.2, 0.25) is 0 Å². The van der Waals surface area contributed by atoms with E-state index in [4.69, 9.17) is 8.83 Å². The molecule has 1 saturated carbocycles. The highest BCUT2D eigenvalue weighted by Crippen LogP contribution is 2.52. The van der Waals surface area contributed by atoms with E-state index in [1.807, 2.05) is 0 Å². The second-order valence-corrected chi connectivity index (χ2v) is 21.9. The van der Waals surface area contributed by atoms with Gasteiger partial charge in [-0.15, -0.1) is 0 Å². The zero-order chi connectivity index (χ0) is 49.3. The van der Waals surface area contributed by atoms with Gasteiger partial charge in [-0.3, -0.25) is 0 Å². The summed E-state index contributed by atoms with van der Waals surface area (Å²) in [5.41, 5.74) is 16.5. The molecule has 74 heavy (non-hydrogen) atoms. The highest BCUT2D eigenvalue weighted by Gasteiger charge is 2.30. The second kappa shape index (κ2) is 18.5. The highest BCUT2D eigenvalue weighted by molar-refractivity contribution is 14.2. The van der Waals surface area contributed by atoms with Crippen LogP contribution in [0.5, 0.6) is 0 Å². The van der Waals surface area contributed by atoms with Crippen LogP contribution in [0.2, 0.25) is 0 Å². The molecule has 358 valence electrons. The quantitative estimate of drug-likeness (QED) is 0.101. The predicted molar refractivity (Wildman–Crippen MR) is 323 cm³/mol. The smallest absolute Gasteiger partial charge is 0.159 e. The zero-order valence-corrected chi connectivity index (χ0v) is 43.6. The predicted octanol–water partition coefficient (Wildman–Crippen LogP) is 20.3. The van der Waals surface area contributed by atoms with Crippen molar-refractivity contribution < 1.29 is 8.83 Å². The molecule has 5 heteroatoms. The fourth-order valence-corrected chi connectivity index (χ4v) is 14.1. The van der Waals surface area contributed by atoms with Crippen molar-refractivity contribution in [3.05, 3.63) is 239 Å². The standard InChI is InChI=1S/C69H53IN2O2/c1-3-58(67-44(2)50-27-17-28-53(68(50)74-67)47-23-11-6-12-24-47)71(59-30-15-13-25-51(59)45-19-7-4-8-20-45)60-39-35-48-34-38-57-61(40-36-49-33-37-56(60)65(48)66(49)57)72(63-43-70-42-41-52(63)46-21-9-5-10-22-46)62-31-18-29-55-54-26-14-16-32-64(54)73-69(55)62/h3-5,7-10,13-22,25-43,47H,6,11-12,23-24H2,1-2H3/b58-3+. The number of para-hydroxylation sites is 4. The van der Waals surface area contributed by atoms with Crippen molar-refractivity contribution in [2.24, 2.45) is 0 Å². The van der Waals surface area contributed by atoms with Gasteiger partial charge in [-0.05, 0) is 115 Å². The lowest BCUT2D eigenvalue weighted by Crippen LogP contribution is -2.19. The van der Waals surface area contributed by atoms with Gasteiger partial charge in [0.1, 0.15) is 11.2 Å². The molecular formula is C69H53IN2O2. The topological polar surface area (TPSA) is 32.8 Å². The summed E-state index contributed by atoms with van der Waals surface area (Å²) in [4.78, 5) is 4.98. The number of fused-ring (bicyclic) bond motifs is 4. The van der Waals surface area contributed by atoms with E-state index in [0.29, 0.717) is 5.92 Å². The minimum Gasteiger partial charge on any atom is -0.454 e. The molecule has 12 aromatic rings. The van der Waals surface area contributed by atoms with E-state index in [1.165, 1.54) is 92.2 Å². The number of benzene rings is 10. The third kappa shape index (κ3) is 7.26. The van der Waals surface area contributed by atoms with Crippen LogP contribution in [0.3, 0.4) is 0 Å². The molecule has 3 heterocycles. The molecule has 10 aromatic carbocycles. The summed E-state index contributed by atoms with van der Waals surface area (Å²) in [5.74, 6) is 1.41. The number of rotatable bonds is 10. The lowest BCUT2D eigenvalue weighted by molar-refractivity contribution is 0.441. The Labute approximate surface area is 441 Å². The van der Waals surface area contributed by atoms with Crippen LogP contribution in [0.4, 0.5) is 22.7 Å². The third-order valence-electron chi connectivity index (χ3n) is 15.8. The number of allylic oxidation sites excluding steroid dienone is 3. The van der Waals surface area contributed by atoms with Crippen LogP contribution in [-0.4, -0.2) is 4.01 Å². The molecule has 1 aliphatic heterocycles. The maximum atomic E-state index is 7.33. The van der Waals surface area contributed by atoms with Crippen molar-refractivity contribution in [2.75, 3.05) is 9.80 Å². The summed E-state index contributed by atoms with van der Waals surface area (Å²) in [6.07, 6.45) is 10.9. The summed E-state index contributed by atoms with van der Waals surface area (Å²) < 4.78 is 19.1. The van der Waals surface area contributed by atoms with E-state index < -0.39 is 0 Å². The first-order chi connectivity index (χ1) is 36.6. The van der Waals surface area contributed by atoms with Gasteiger partial charge in [0, 0.05) is 43.6 Å². The van der Waals surface area contributed by atoms with Crippen LogP contribution in [0.15, 0.2) is 225 Å². The molecule has 2 aromatic heterocycles. The lowest BCUT2D eigenvalue weighted by atomic mass is 9.83. The molecule has 0 amide bonds. The lowest BCUT2D eigenvalue weighted by Gasteiger charge is -2.32. The van der Waals surface area contributed by atoms with Crippen molar-refractivity contribution in [3.63, 3.8) is 0 Å². The normalized spacial score (nSPS) is 14.6. The van der Waals surface area contributed by atoms with Gasteiger partial charge in [-0.2, -0.15) is 0 Å². The van der Waals surface area contributed by atoms with Gasteiger partial charge >= 0.3 is 0 Å². The Hall–Kier alpha value is -8.00. The molecule has 0 spiro atoms. The largest absolute Gasteiger partial charge is 0.454 e. The number of nitrogens with zero attached hydrogens (tertiary/aromatic N) is 2. The molecule has 1 fully saturated rings. The van der Waals surface area contributed by atoms with E-state index in [0.717, 1.165) is 78.4 Å². The maximum absolute atomic E-state index is 7.33. The Morgan fingerprint density at radius 3 is 1.95 bits per heavy atom. The highest BCUT2D eigenvalue weighted by atomic mass is 127. The average Bonchev–Trinajstić information content (AvgIpc) is 4.02. The van der Waals surface area contributed by atoms with Crippen molar-refractivity contribution in [3.8, 4) is 11.1 Å². The monoisotopic (exact) mass is 1070 g/mol. The number of halogens is 1. The minimum atomic E-state index is -0.363. The van der Waals surface area contributed by atoms with Gasteiger partial charge in [0.05, 0.1) is 34.1 Å². The molecule has 0 bridgehead atoms. The van der Waals surface area contributed by atoms with Gasteiger partial charge in [-0.1, -0.05) is 210 Å². The first-order valence-electron chi connectivity index (χ1n) is 26.1. The fourth-order valence-electron chi connectivity index (χ4n) is 12.4. The van der Waals surface area contributed by atoms with Crippen LogP contribution < -0.4 is 9.80 Å². The molecule has 0 saturated heterocycles. The van der Waals surface area contributed by atoms with Gasteiger partial charge in [0.25, 0.3) is 0 Å². The van der Waals surface area contributed by atoms with E-state index in [1.54, 1.807) is 0 Å². The van der Waals surface area contributed by atoms with Crippen LogP contribution >= 0.6 is 20.7 Å². The molecule has 4 nitrogen and oxygen atoms in total. The third-order valence-corrected chi connectivity index (χ3v) is 17.5. The second-order valence-electron chi connectivity index (χ2n) is 19.9. The summed E-state index contributed by atoms with van der Waals surface area (Å²) in [6, 6.07) is 71.0. The van der Waals surface area contributed by atoms with Crippen molar-refractivity contribution in [1.29, 1.82) is 0 Å². The Morgan fingerprint density at radius 2 is 1.16 bits per heavy atom. The Morgan fingerprint density at radius 1 is 0.527 bits per heavy atom. The number of aryl methyl sites for hydroxylation is 1. The fraction of sp³-hybridized carbons (Fsp3) is 0.116. The Bertz CT molecular complexity index is 4260. The molecule has 0 N–H and O–H groups in total. The Balaban J connectivity index is 1.02. The average molecular weight is 1070 g/mol.